The molecule has 0 saturated heterocycles. The van der Waals surface area contributed by atoms with Crippen LogP contribution in [0.15, 0.2) is 11.3 Å². The van der Waals surface area contributed by atoms with E-state index >= 15 is 0 Å². The standard InChI is InChI=1S/C19H30O5Si/c1-18(2,3)25(6,7)11-14-13-10-19(16(21)23-4,17(22)24-5)9-12(13)8-15(14)20/h11-13H,8-10H2,1-7H3/b14-11-/t12-,13-/m0/s1. The molecule has 0 aliphatic heterocycles. The van der Waals surface area contributed by atoms with E-state index in [4.69, 9.17) is 9.47 Å². The van der Waals surface area contributed by atoms with Gasteiger partial charge in [0, 0.05) is 6.42 Å². The Morgan fingerprint density at radius 2 is 1.64 bits per heavy atom. The fourth-order valence-electron chi connectivity index (χ4n) is 3.96. The molecule has 0 aromatic carbocycles. The van der Waals surface area contributed by atoms with Crippen molar-refractivity contribution in [1.82, 2.24) is 0 Å². The Kier molecular flexibility index (Phi) is 5.07. The van der Waals surface area contributed by atoms with Crippen molar-refractivity contribution in [1.29, 1.82) is 0 Å². The lowest BCUT2D eigenvalue weighted by atomic mass is 9.83. The van der Waals surface area contributed by atoms with Crippen LogP contribution in [0.5, 0.6) is 0 Å². The normalized spacial score (nSPS) is 27.3. The van der Waals surface area contributed by atoms with Crippen LogP contribution >= 0.6 is 0 Å². The van der Waals surface area contributed by atoms with E-state index in [0.29, 0.717) is 19.3 Å². The molecule has 0 bridgehead atoms. The minimum absolute atomic E-state index is 0.0155. The second kappa shape index (κ2) is 6.38. The van der Waals surface area contributed by atoms with Crippen LogP contribution in [-0.2, 0) is 23.9 Å². The smallest absolute Gasteiger partial charge is 0.323 e. The summed E-state index contributed by atoms with van der Waals surface area (Å²) in [5, 5.41) is 0.124. The molecule has 2 aliphatic carbocycles. The summed E-state index contributed by atoms with van der Waals surface area (Å²) in [6.45, 7) is 11.1. The summed E-state index contributed by atoms with van der Waals surface area (Å²) in [6, 6.07) is 0. The number of carbonyl (C=O) groups excluding carboxylic acids is 3. The van der Waals surface area contributed by atoms with E-state index in [9.17, 15) is 14.4 Å². The van der Waals surface area contributed by atoms with Gasteiger partial charge in [-0.05, 0) is 35.3 Å². The third-order valence-electron chi connectivity index (χ3n) is 6.52. The summed E-state index contributed by atoms with van der Waals surface area (Å²) in [6.07, 6.45) is 1.04. The number of ketones is 1. The van der Waals surface area contributed by atoms with Crippen LogP contribution in [-0.4, -0.2) is 40.0 Å². The number of hydrogen-bond donors (Lipinski definition) is 0. The number of Topliss-reactive ketones (excluding diaryl/α,β-unsaturated/α-hetero) is 1. The van der Waals surface area contributed by atoms with Gasteiger partial charge < -0.3 is 9.47 Å². The largest absolute Gasteiger partial charge is 0.468 e. The average molecular weight is 367 g/mol. The second-order valence-corrected chi connectivity index (χ2v) is 14.3. The molecule has 0 spiro atoms. The van der Waals surface area contributed by atoms with E-state index in [2.05, 4.69) is 39.6 Å². The molecule has 0 aromatic rings. The molecule has 2 aliphatic rings. The molecule has 0 N–H and O–H groups in total. The lowest BCUT2D eigenvalue weighted by Gasteiger charge is -2.35. The summed E-state index contributed by atoms with van der Waals surface area (Å²) in [7, 11) is 0.776. The molecule has 140 valence electrons. The molecular weight excluding hydrogens is 336 g/mol. The van der Waals surface area contributed by atoms with Crippen LogP contribution in [0, 0.1) is 17.3 Å². The molecule has 0 radical (unpaired) electrons. The third-order valence-corrected chi connectivity index (χ3v) is 11.4. The van der Waals surface area contributed by atoms with Gasteiger partial charge in [0.1, 0.15) is 0 Å². The predicted molar refractivity (Wildman–Crippen MR) is 97.6 cm³/mol. The number of ether oxygens (including phenoxy) is 2. The summed E-state index contributed by atoms with van der Waals surface area (Å²) in [4.78, 5) is 37.4. The highest BCUT2D eigenvalue weighted by atomic mass is 28.3. The van der Waals surface area contributed by atoms with Crippen LogP contribution in [0.3, 0.4) is 0 Å². The van der Waals surface area contributed by atoms with Crippen LogP contribution in [0.4, 0.5) is 0 Å². The van der Waals surface area contributed by atoms with Gasteiger partial charge in [-0.1, -0.05) is 39.6 Å². The zero-order chi connectivity index (χ0) is 19.2. The minimum atomic E-state index is -1.80. The minimum Gasteiger partial charge on any atom is -0.468 e. The molecule has 0 unspecified atom stereocenters. The van der Waals surface area contributed by atoms with Gasteiger partial charge >= 0.3 is 11.9 Å². The lowest BCUT2D eigenvalue weighted by molar-refractivity contribution is -0.169. The first kappa shape index (κ1) is 19.9. The van der Waals surface area contributed by atoms with Crippen LogP contribution in [0.1, 0.15) is 40.0 Å². The number of esters is 2. The summed E-state index contributed by atoms with van der Waals surface area (Å²) in [5.41, 5.74) is 1.75. The van der Waals surface area contributed by atoms with Crippen molar-refractivity contribution in [2.45, 2.75) is 58.2 Å². The van der Waals surface area contributed by atoms with Gasteiger partial charge in [-0.15, -0.1) is 0 Å². The van der Waals surface area contributed by atoms with Crippen LogP contribution in [0.25, 0.3) is 0 Å². The first-order valence-corrected chi connectivity index (χ1v) is 11.9. The van der Waals surface area contributed by atoms with Crippen molar-refractivity contribution in [3.63, 3.8) is 0 Å². The van der Waals surface area contributed by atoms with E-state index in [-0.39, 0.29) is 22.7 Å². The molecular formula is C19H30O5Si. The van der Waals surface area contributed by atoms with Gasteiger partial charge in [0.25, 0.3) is 0 Å². The summed E-state index contributed by atoms with van der Waals surface area (Å²) in [5.74, 6) is -0.967. The molecule has 0 heterocycles. The van der Waals surface area contributed by atoms with Crippen molar-refractivity contribution in [3.05, 3.63) is 11.3 Å². The number of hydrogen-bond acceptors (Lipinski definition) is 5. The van der Waals surface area contributed by atoms with E-state index in [1.54, 1.807) is 0 Å². The second-order valence-electron chi connectivity index (χ2n) is 9.04. The predicted octanol–water partition coefficient (Wildman–Crippen LogP) is 3.29. The fourth-order valence-corrected chi connectivity index (χ4v) is 5.54. The first-order valence-electron chi connectivity index (χ1n) is 8.82. The van der Waals surface area contributed by atoms with Crippen molar-refractivity contribution in [3.8, 4) is 0 Å². The fraction of sp³-hybridized carbons (Fsp3) is 0.737. The van der Waals surface area contributed by atoms with Crippen molar-refractivity contribution in [2.24, 2.45) is 17.3 Å². The van der Waals surface area contributed by atoms with E-state index in [0.717, 1.165) is 5.57 Å². The Hall–Kier alpha value is -1.43. The highest BCUT2D eigenvalue weighted by Gasteiger charge is 2.60. The van der Waals surface area contributed by atoms with E-state index < -0.39 is 25.4 Å². The van der Waals surface area contributed by atoms with E-state index in [1.165, 1.54) is 14.2 Å². The maximum atomic E-state index is 12.6. The molecule has 0 aromatic heterocycles. The zero-order valence-corrected chi connectivity index (χ0v) is 17.4. The first-order chi connectivity index (χ1) is 11.4. The molecule has 25 heavy (non-hydrogen) atoms. The Morgan fingerprint density at radius 1 is 1.12 bits per heavy atom. The summed E-state index contributed by atoms with van der Waals surface area (Å²) >= 11 is 0. The number of fused-ring (bicyclic) bond motifs is 1. The molecule has 5 nitrogen and oxygen atoms in total. The van der Waals surface area contributed by atoms with Crippen LogP contribution < -0.4 is 0 Å². The average Bonchev–Trinajstić information content (AvgIpc) is 3.01. The molecule has 2 fully saturated rings. The van der Waals surface area contributed by atoms with Crippen molar-refractivity contribution in [2.75, 3.05) is 14.2 Å². The number of carbonyl (C=O) groups is 3. The van der Waals surface area contributed by atoms with E-state index in [1.807, 2.05) is 0 Å². The Morgan fingerprint density at radius 3 is 2.08 bits per heavy atom. The number of rotatable bonds is 3. The van der Waals surface area contributed by atoms with Gasteiger partial charge in [0.15, 0.2) is 11.2 Å². The monoisotopic (exact) mass is 366 g/mol. The third kappa shape index (κ3) is 3.21. The lowest BCUT2D eigenvalue weighted by Crippen LogP contribution is -2.40. The maximum Gasteiger partial charge on any atom is 0.323 e. The molecule has 0 amide bonds. The highest BCUT2D eigenvalue weighted by molar-refractivity contribution is 6.85. The quantitative estimate of drug-likeness (QED) is 0.332. The van der Waals surface area contributed by atoms with Crippen LogP contribution in [0.2, 0.25) is 18.1 Å². The van der Waals surface area contributed by atoms with Gasteiger partial charge in [-0.2, -0.15) is 0 Å². The SMILES string of the molecule is COC(=O)C1(C(=O)OC)C[C@@H]2CC(=O)/C(=C\[Si](C)(C)C(C)(C)C)[C@H]2C1. The van der Waals surface area contributed by atoms with Gasteiger partial charge in [0.05, 0.1) is 22.3 Å². The Bertz CT molecular complexity index is 610. The number of methoxy groups -OCH3 is 2. The van der Waals surface area contributed by atoms with Gasteiger partial charge in [0.2, 0.25) is 0 Å². The topological polar surface area (TPSA) is 69.7 Å². The molecule has 2 saturated carbocycles. The van der Waals surface area contributed by atoms with Crippen molar-refractivity contribution < 1.29 is 23.9 Å². The molecule has 6 heteroatoms. The Labute approximate surface area is 151 Å². The van der Waals surface area contributed by atoms with Gasteiger partial charge in [-0.3, -0.25) is 14.4 Å². The van der Waals surface area contributed by atoms with Gasteiger partial charge in [-0.25, -0.2) is 0 Å². The molecule has 2 rings (SSSR count). The maximum absolute atomic E-state index is 12.6. The Balaban J connectivity index is 2.42. The number of allylic oxidation sites excluding steroid dienone is 1. The molecule has 2 atom stereocenters. The zero-order valence-electron chi connectivity index (χ0n) is 16.4. The highest BCUT2D eigenvalue weighted by Crippen LogP contribution is 2.55. The summed E-state index contributed by atoms with van der Waals surface area (Å²) < 4.78 is 9.82. The van der Waals surface area contributed by atoms with Crippen molar-refractivity contribution >= 4 is 25.8 Å².